The number of allylic oxidation sites excluding steroid dienone is 2. The number of aryl methyl sites for hydroxylation is 2. The fourth-order valence-corrected chi connectivity index (χ4v) is 4.12. The Morgan fingerprint density at radius 1 is 1.37 bits per heavy atom. The van der Waals surface area contributed by atoms with E-state index >= 15 is 4.39 Å². The van der Waals surface area contributed by atoms with E-state index in [1.165, 1.54) is 5.56 Å². The maximum absolute atomic E-state index is 15.3. The first-order chi connectivity index (χ1) is 14.2. The number of hydrogen-bond acceptors (Lipinski definition) is 5. The molecule has 5 nitrogen and oxygen atoms in total. The van der Waals surface area contributed by atoms with Crippen LogP contribution in [0.5, 0.6) is 5.75 Å². The lowest BCUT2D eigenvalue weighted by Crippen LogP contribution is -2.50. The summed E-state index contributed by atoms with van der Waals surface area (Å²) in [6, 6.07) is 3.98. The molecule has 3 heterocycles. The number of pyridine rings is 1. The predicted octanol–water partition coefficient (Wildman–Crippen LogP) is 5.06. The van der Waals surface area contributed by atoms with Gasteiger partial charge in [-0.1, -0.05) is 12.6 Å². The van der Waals surface area contributed by atoms with Gasteiger partial charge in [-0.15, -0.1) is 0 Å². The molecule has 2 aliphatic heterocycles. The van der Waals surface area contributed by atoms with Gasteiger partial charge in [-0.05, 0) is 63.3 Å². The summed E-state index contributed by atoms with van der Waals surface area (Å²) in [6.07, 6.45) is 5.49. The summed E-state index contributed by atoms with van der Waals surface area (Å²) < 4.78 is 21.4. The Hall–Kier alpha value is -3.02. The number of ether oxygens (including phenoxy) is 1. The fourth-order valence-electron chi connectivity index (χ4n) is 4.12. The van der Waals surface area contributed by atoms with Crippen molar-refractivity contribution in [2.45, 2.75) is 46.1 Å². The van der Waals surface area contributed by atoms with Gasteiger partial charge >= 0.3 is 0 Å². The van der Waals surface area contributed by atoms with Crippen molar-refractivity contribution in [3.63, 3.8) is 0 Å². The molecule has 0 aliphatic carbocycles. The second kappa shape index (κ2) is 7.35. The lowest BCUT2D eigenvalue weighted by Gasteiger charge is -2.46. The Bertz CT molecular complexity index is 1060. The van der Waals surface area contributed by atoms with E-state index in [1.54, 1.807) is 6.20 Å². The van der Waals surface area contributed by atoms with Crippen molar-refractivity contribution in [3.8, 4) is 5.75 Å². The van der Waals surface area contributed by atoms with Gasteiger partial charge in [0.05, 0.1) is 16.9 Å². The normalized spacial score (nSPS) is 16.6. The molecular weight excluding hydrogens is 379 g/mol. The van der Waals surface area contributed by atoms with E-state index < -0.39 is 5.82 Å². The molecule has 4 rings (SSSR count). The van der Waals surface area contributed by atoms with Crippen LogP contribution in [0.15, 0.2) is 36.7 Å². The van der Waals surface area contributed by atoms with E-state index in [0.29, 0.717) is 30.2 Å². The van der Waals surface area contributed by atoms with Crippen LogP contribution in [0, 0.1) is 12.7 Å². The third kappa shape index (κ3) is 3.20. The largest absolute Gasteiger partial charge is 0.487 e. The van der Waals surface area contributed by atoms with Gasteiger partial charge in [0.2, 0.25) is 0 Å². The first-order valence-corrected chi connectivity index (χ1v) is 10.3. The Morgan fingerprint density at radius 2 is 2.13 bits per heavy atom. The van der Waals surface area contributed by atoms with Crippen molar-refractivity contribution in [1.82, 2.24) is 4.98 Å². The summed E-state index contributed by atoms with van der Waals surface area (Å²) in [5, 5.41) is 3.24. The summed E-state index contributed by atoms with van der Waals surface area (Å²) in [5.74, 6) is 0.0308. The van der Waals surface area contributed by atoms with Crippen molar-refractivity contribution in [1.29, 1.82) is 0 Å². The molecule has 0 saturated heterocycles. The Labute approximate surface area is 177 Å². The highest BCUT2D eigenvalue weighted by molar-refractivity contribution is 6.00. The van der Waals surface area contributed by atoms with E-state index in [1.807, 2.05) is 13.0 Å². The van der Waals surface area contributed by atoms with Gasteiger partial charge in [-0.2, -0.15) is 0 Å². The van der Waals surface area contributed by atoms with Gasteiger partial charge in [0.15, 0.2) is 11.6 Å². The molecule has 0 amide bonds. The van der Waals surface area contributed by atoms with E-state index in [-0.39, 0.29) is 11.2 Å². The van der Waals surface area contributed by atoms with Crippen molar-refractivity contribution in [2.24, 2.45) is 0 Å². The number of nitrogens with one attached hydrogen (secondary N) is 1. The highest BCUT2D eigenvalue weighted by Gasteiger charge is 2.41. The quantitative estimate of drug-likeness (QED) is 0.535. The molecule has 1 aromatic carbocycles. The number of benzene rings is 1. The van der Waals surface area contributed by atoms with Crippen molar-refractivity contribution < 1.29 is 9.13 Å². The van der Waals surface area contributed by atoms with Crippen LogP contribution in [-0.2, 0) is 6.42 Å². The summed E-state index contributed by atoms with van der Waals surface area (Å²) >= 11 is 0. The van der Waals surface area contributed by atoms with Crippen LogP contribution in [0.2, 0.25) is 0 Å². The molecule has 0 fully saturated rings. The average Bonchev–Trinajstić information content (AvgIpc) is 2.70. The van der Waals surface area contributed by atoms with Crippen LogP contribution < -0.4 is 20.7 Å². The molecule has 158 valence electrons. The number of halogens is 1. The van der Waals surface area contributed by atoms with Crippen LogP contribution >= 0.6 is 0 Å². The SMILES string of the molecule is C=C1C(C)=CN2c3c(c(NCCCc4ncccc4C)c(F)c(N)c31)OCC2(C)C. The Balaban J connectivity index is 1.65. The number of nitrogen functional groups attached to an aromatic ring is 1. The second-order valence-corrected chi connectivity index (χ2v) is 8.71. The molecule has 0 unspecified atom stereocenters. The van der Waals surface area contributed by atoms with Crippen molar-refractivity contribution in [3.05, 3.63) is 59.3 Å². The van der Waals surface area contributed by atoms with Crippen molar-refractivity contribution >= 4 is 22.6 Å². The molecule has 0 bridgehead atoms. The smallest absolute Gasteiger partial charge is 0.173 e. The van der Waals surface area contributed by atoms with Crippen LogP contribution in [0.4, 0.5) is 21.5 Å². The monoisotopic (exact) mass is 408 g/mol. The zero-order chi connectivity index (χ0) is 21.6. The number of hydrogen-bond donors (Lipinski definition) is 2. The minimum atomic E-state index is -0.478. The molecule has 0 radical (unpaired) electrons. The summed E-state index contributed by atoms with van der Waals surface area (Å²) in [6.45, 7) is 13.4. The number of rotatable bonds is 5. The van der Waals surface area contributed by atoms with E-state index in [4.69, 9.17) is 10.5 Å². The molecule has 3 N–H and O–H groups in total. The van der Waals surface area contributed by atoms with Crippen LogP contribution in [0.3, 0.4) is 0 Å². The molecule has 0 atom stereocenters. The molecule has 2 aromatic rings. The molecule has 1 aromatic heterocycles. The maximum atomic E-state index is 15.3. The number of nitrogens with two attached hydrogens (primary N) is 1. The molecule has 0 spiro atoms. The third-order valence-electron chi connectivity index (χ3n) is 5.98. The van der Waals surface area contributed by atoms with Gasteiger partial charge in [0, 0.05) is 30.2 Å². The van der Waals surface area contributed by atoms with E-state index in [2.05, 4.69) is 54.8 Å². The van der Waals surface area contributed by atoms with Gasteiger partial charge in [-0.3, -0.25) is 4.98 Å². The number of nitrogens with zero attached hydrogens (tertiary/aromatic N) is 2. The van der Waals surface area contributed by atoms with Crippen LogP contribution in [0.1, 0.15) is 44.0 Å². The summed E-state index contributed by atoms with van der Waals surface area (Å²) in [4.78, 5) is 6.57. The standard InChI is InChI=1S/C24H29FN4O/c1-14-8-6-10-27-17(14)9-7-11-28-21-19(25)20(26)18-16(3)15(2)12-29-22(18)23(21)30-13-24(29,4)5/h6,8,10,12,28H,3,7,9,11,13,26H2,1-2,4-5H3. The van der Waals surface area contributed by atoms with Crippen LogP contribution in [-0.4, -0.2) is 23.7 Å². The second-order valence-electron chi connectivity index (χ2n) is 8.71. The lowest BCUT2D eigenvalue weighted by atomic mass is 9.88. The molecule has 30 heavy (non-hydrogen) atoms. The van der Waals surface area contributed by atoms with Crippen molar-refractivity contribution in [2.75, 3.05) is 29.1 Å². The van der Waals surface area contributed by atoms with Gasteiger partial charge in [-0.25, -0.2) is 4.39 Å². The maximum Gasteiger partial charge on any atom is 0.173 e. The summed E-state index contributed by atoms with van der Waals surface area (Å²) in [7, 11) is 0. The van der Waals surface area contributed by atoms with Crippen LogP contribution in [0.25, 0.3) is 5.57 Å². The number of aromatic nitrogens is 1. The molecule has 0 saturated carbocycles. The topological polar surface area (TPSA) is 63.4 Å². The minimum absolute atomic E-state index is 0.112. The molecule has 6 heteroatoms. The Morgan fingerprint density at radius 3 is 2.87 bits per heavy atom. The minimum Gasteiger partial charge on any atom is -0.487 e. The van der Waals surface area contributed by atoms with Gasteiger partial charge < -0.3 is 20.7 Å². The highest BCUT2D eigenvalue weighted by Crippen LogP contribution is 2.54. The number of anilines is 3. The fraction of sp³-hybridized carbons (Fsp3) is 0.375. The predicted molar refractivity (Wildman–Crippen MR) is 121 cm³/mol. The van der Waals surface area contributed by atoms with Gasteiger partial charge in [0.1, 0.15) is 12.3 Å². The third-order valence-corrected chi connectivity index (χ3v) is 5.98. The van der Waals surface area contributed by atoms with E-state index in [0.717, 1.165) is 35.4 Å². The summed E-state index contributed by atoms with van der Waals surface area (Å²) in [5.41, 5.74) is 11.8. The zero-order valence-electron chi connectivity index (χ0n) is 18.1. The lowest BCUT2D eigenvalue weighted by molar-refractivity contribution is 0.222. The highest BCUT2D eigenvalue weighted by atomic mass is 19.1. The van der Waals surface area contributed by atoms with Gasteiger partial charge in [0.25, 0.3) is 0 Å². The first kappa shape index (κ1) is 20.3. The first-order valence-electron chi connectivity index (χ1n) is 10.3. The van der Waals surface area contributed by atoms with E-state index in [9.17, 15) is 0 Å². The average molecular weight is 409 g/mol. The molecule has 2 aliphatic rings. The zero-order valence-corrected chi connectivity index (χ0v) is 18.1. The Kier molecular flexibility index (Phi) is 4.96. The molecular formula is C24H29FN4O.